The number of rotatable bonds is 4. The number of nitrogens with one attached hydrogen (secondary N) is 1. The summed E-state index contributed by atoms with van der Waals surface area (Å²) in [7, 11) is 0. The number of nitrogens with zero attached hydrogens (tertiary/aromatic N) is 2. The van der Waals surface area contributed by atoms with Crippen LogP contribution in [0.2, 0.25) is 0 Å². The minimum Gasteiger partial charge on any atom is -0.391 e. The predicted molar refractivity (Wildman–Crippen MR) is 69.9 cm³/mol. The molecule has 2 heterocycles. The molecule has 102 valence electrons. The van der Waals surface area contributed by atoms with Crippen molar-refractivity contribution in [2.24, 2.45) is 0 Å². The summed E-state index contributed by atoms with van der Waals surface area (Å²) >= 11 is 1.53. The van der Waals surface area contributed by atoms with Crippen LogP contribution in [0.25, 0.3) is 0 Å². The average molecular weight is 281 g/mol. The molecule has 0 radical (unpaired) electrons. The van der Waals surface area contributed by atoms with Gasteiger partial charge in [-0.1, -0.05) is 5.16 Å². The highest BCUT2D eigenvalue weighted by molar-refractivity contribution is 7.09. The summed E-state index contributed by atoms with van der Waals surface area (Å²) in [4.78, 5) is 16.4. The van der Waals surface area contributed by atoms with Crippen molar-refractivity contribution in [3.63, 3.8) is 0 Å². The second kappa shape index (κ2) is 5.50. The van der Waals surface area contributed by atoms with Gasteiger partial charge < -0.3 is 14.9 Å². The summed E-state index contributed by atoms with van der Waals surface area (Å²) in [6.07, 6.45) is 0. The Labute approximate surface area is 114 Å². The molecule has 0 fully saturated rings. The van der Waals surface area contributed by atoms with Crippen LogP contribution in [-0.4, -0.2) is 21.2 Å². The summed E-state index contributed by atoms with van der Waals surface area (Å²) in [6.45, 7) is 5.14. The third-order valence-electron chi connectivity index (χ3n) is 2.79. The summed E-state index contributed by atoms with van der Waals surface area (Å²) in [5.74, 6) is 0.0730. The lowest BCUT2D eigenvalue weighted by atomic mass is 10.2. The SMILES string of the molecule is Cc1nc([C@@H](C)NC(=O)c2noc(C)c2CO)cs1. The van der Waals surface area contributed by atoms with Crippen LogP contribution in [0, 0.1) is 13.8 Å². The zero-order chi connectivity index (χ0) is 14.0. The molecule has 2 aromatic heterocycles. The Morgan fingerprint density at radius 1 is 1.58 bits per heavy atom. The molecule has 0 aliphatic rings. The van der Waals surface area contributed by atoms with Crippen LogP contribution in [-0.2, 0) is 6.61 Å². The van der Waals surface area contributed by atoms with Crippen LogP contribution in [0.5, 0.6) is 0 Å². The van der Waals surface area contributed by atoms with E-state index in [1.165, 1.54) is 11.3 Å². The maximum Gasteiger partial charge on any atom is 0.274 e. The quantitative estimate of drug-likeness (QED) is 0.891. The Hall–Kier alpha value is -1.73. The van der Waals surface area contributed by atoms with Gasteiger partial charge in [-0.3, -0.25) is 4.79 Å². The van der Waals surface area contributed by atoms with E-state index in [9.17, 15) is 9.90 Å². The zero-order valence-electron chi connectivity index (χ0n) is 10.9. The maximum absolute atomic E-state index is 12.1. The van der Waals surface area contributed by atoms with Gasteiger partial charge in [-0.15, -0.1) is 11.3 Å². The topological polar surface area (TPSA) is 88.3 Å². The first kappa shape index (κ1) is 13.7. The number of aliphatic hydroxyl groups excluding tert-OH is 1. The molecular weight excluding hydrogens is 266 g/mol. The number of aliphatic hydroxyl groups is 1. The van der Waals surface area contributed by atoms with E-state index in [2.05, 4.69) is 15.5 Å². The fourth-order valence-corrected chi connectivity index (χ4v) is 2.38. The number of amides is 1. The van der Waals surface area contributed by atoms with Crippen molar-refractivity contribution in [3.05, 3.63) is 33.1 Å². The Morgan fingerprint density at radius 3 is 2.89 bits per heavy atom. The van der Waals surface area contributed by atoms with Gasteiger partial charge in [-0.25, -0.2) is 4.98 Å². The van der Waals surface area contributed by atoms with Crippen molar-refractivity contribution < 1.29 is 14.4 Å². The van der Waals surface area contributed by atoms with E-state index in [1.807, 2.05) is 19.2 Å². The van der Waals surface area contributed by atoms with Crippen molar-refractivity contribution >= 4 is 17.2 Å². The number of hydrogen-bond acceptors (Lipinski definition) is 6. The maximum atomic E-state index is 12.1. The van der Waals surface area contributed by atoms with Gasteiger partial charge >= 0.3 is 0 Å². The number of carbonyl (C=O) groups excluding carboxylic acids is 1. The van der Waals surface area contributed by atoms with E-state index < -0.39 is 0 Å². The molecule has 2 N–H and O–H groups in total. The standard InChI is InChI=1S/C12H15N3O3S/c1-6(10-5-19-8(3)14-10)13-12(17)11-9(4-16)7(2)18-15-11/h5-6,16H,4H2,1-3H3,(H,13,17)/t6-/m1/s1. The smallest absolute Gasteiger partial charge is 0.274 e. The van der Waals surface area contributed by atoms with Gasteiger partial charge in [0.2, 0.25) is 0 Å². The van der Waals surface area contributed by atoms with Gasteiger partial charge in [-0.05, 0) is 20.8 Å². The minimum absolute atomic E-state index is 0.124. The van der Waals surface area contributed by atoms with Crippen LogP contribution >= 0.6 is 11.3 Å². The minimum atomic E-state index is -0.376. The van der Waals surface area contributed by atoms with Gasteiger partial charge in [0.25, 0.3) is 5.91 Å². The number of aryl methyl sites for hydroxylation is 2. The molecule has 0 saturated heterocycles. The molecule has 6 nitrogen and oxygen atoms in total. The third-order valence-corrected chi connectivity index (χ3v) is 3.58. The summed E-state index contributed by atoms with van der Waals surface area (Å²) < 4.78 is 4.91. The van der Waals surface area contributed by atoms with E-state index in [0.717, 1.165) is 10.7 Å². The molecule has 0 spiro atoms. The molecule has 0 saturated carbocycles. The largest absolute Gasteiger partial charge is 0.391 e. The number of carbonyl (C=O) groups is 1. The second-order valence-electron chi connectivity index (χ2n) is 4.21. The molecule has 1 amide bonds. The van der Waals surface area contributed by atoms with Crippen molar-refractivity contribution in [1.82, 2.24) is 15.5 Å². The van der Waals surface area contributed by atoms with Crippen molar-refractivity contribution in [2.45, 2.75) is 33.4 Å². The predicted octanol–water partition coefficient (Wildman–Crippen LogP) is 1.73. The summed E-state index contributed by atoms with van der Waals surface area (Å²) in [6, 6.07) is -0.221. The molecule has 0 aliphatic carbocycles. The normalized spacial score (nSPS) is 12.4. The lowest BCUT2D eigenvalue weighted by Crippen LogP contribution is -2.28. The lowest BCUT2D eigenvalue weighted by molar-refractivity contribution is 0.0927. The van der Waals surface area contributed by atoms with Crippen molar-refractivity contribution in [1.29, 1.82) is 0 Å². The number of hydrogen-bond donors (Lipinski definition) is 2. The molecule has 0 unspecified atom stereocenters. The molecule has 2 aromatic rings. The Kier molecular flexibility index (Phi) is 3.96. The van der Waals surface area contributed by atoms with Gasteiger partial charge in [-0.2, -0.15) is 0 Å². The highest BCUT2D eigenvalue weighted by atomic mass is 32.1. The molecule has 2 rings (SSSR count). The molecule has 0 aliphatic heterocycles. The van der Waals surface area contributed by atoms with Crippen LogP contribution in [0.15, 0.2) is 9.90 Å². The first-order valence-electron chi connectivity index (χ1n) is 5.81. The van der Waals surface area contributed by atoms with Crippen LogP contribution in [0.1, 0.15) is 45.5 Å². The second-order valence-corrected chi connectivity index (χ2v) is 5.27. The van der Waals surface area contributed by atoms with Gasteiger partial charge in [0.1, 0.15) is 5.76 Å². The van der Waals surface area contributed by atoms with Crippen LogP contribution in [0.4, 0.5) is 0 Å². The van der Waals surface area contributed by atoms with Crippen molar-refractivity contribution in [2.75, 3.05) is 0 Å². The van der Waals surface area contributed by atoms with E-state index >= 15 is 0 Å². The number of aromatic nitrogens is 2. The molecule has 0 aromatic carbocycles. The van der Waals surface area contributed by atoms with E-state index in [-0.39, 0.29) is 24.2 Å². The Morgan fingerprint density at radius 2 is 2.32 bits per heavy atom. The zero-order valence-corrected chi connectivity index (χ0v) is 11.7. The summed E-state index contributed by atoms with van der Waals surface area (Å²) in [5.41, 5.74) is 1.35. The lowest BCUT2D eigenvalue weighted by Gasteiger charge is -2.10. The van der Waals surface area contributed by atoms with Gasteiger partial charge in [0, 0.05) is 5.38 Å². The number of thiazole rings is 1. The molecule has 0 bridgehead atoms. The van der Waals surface area contributed by atoms with E-state index in [1.54, 1.807) is 6.92 Å². The van der Waals surface area contributed by atoms with E-state index in [0.29, 0.717) is 11.3 Å². The highest BCUT2D eigenvalue weighted by Crippen LogP contribution is 2.18. The van der Waals surface area contributed by atoms with E-state index in [4.69, 9.17) is 4.52 Å². The Balaban J connectivity index is 2.12. The molecular formula is C12H15N3O3S. The van der Waals surface area contributed by atoms with Gasteiger partial charge in [0.15, 0.2) is 5.69 Å². The highest BCUT2D eigenvalue weighted by Gasteiger charge is 2.21. The van der Waals surface area contributed by atoms with Crippen LogP contribution < -0.4 is 5.32 Å². The first-order chi connectivity index (χ1) is 9.02. The molecule has 19 heavy (non-hydrogen) atoms. The third kappa shape index (κ3) is 2.82. The van der Waals surface area contributed by atoms with Crippen LogP contribution in [0.3, 0.4) is 0 Å². The Bertz CT molecular complexity index is 591. The van der Waals surface area contributed by atoms with Crippen molar-refractivity contribution in [3.8, 4) is 0 Å². The monoisotopic (exact) mass is 281 g/mol. The van der Waals surface area contributed by atoms with Gasteiger partial charge in [0.05, 0.1) is 28.9 Å². The fourth-order valence-electron chi connectivity index (χ4n) is 1.67. The molecule has 1 atom stereocenters. The fraction of sp³-hybridized carbons (Fsp3) is 0.417. The average Bonchev–Trinajstić information content (AvgIpc) is 2.95. The first-order valence-corrected chi connectivity index (χ1v) is 6.69. The molecule has 7 heteroatoms. The summed E-state index contributed by atoms with van der Waals surface area (Å²) in [5, 5.41) is 18.5.